The molecule has 3 aliphatic rings. The highest BCUT2D eigenvalue weighted by molar-refractivity contribution is 5.87. The number of amides is 1. The number of hydrogen-bond donors (Lipinski definition) is 2. The van der Waals surface area contributed by atoms with Crippen LogP contribution in [0.2, 0.25) is 0 Å². The molecule has 0 radical (unpaired) electrons. The Kier molecular flexibility index (Phi) is 8.70. The third-order valence-electron chi connectivity index (χ3n) is 5.91. The zero-order valence-corrected chi connectivity index (χ0v) is 20.6. The maximum atomic E-state index is 12.0. The summed E-state index contributed by atoms with van der Waals surface area (Å²) in [6.45, 7) is 10.2. The Labute approximate surface area is 201 Å². The van der Waals surface area contributed by atoms with E-state index in [1.54, 1.807) is 6.92 Å². The van der Waals surface area contributed by atoms with Gasteiger partial charge in [-0.3, -0.25) is 9.59 Å². The number of allylic oxidation sites excluding steroid dienone is 2. The van der Waals surface area contributed by atoms with Crippen LogP contribution in [0, 0.1) is 0 Å². The van der Waals surface area contributed by atoms with Gasteiger partial charge in [-0.15, -0.1) is 0 Å². The van der Waals surface area contributed by atoms with Crippen LogP contribution in [0.1, 0.15) is 47.5 Å². The number of carbonyl (C=O) groups excluding carboxylic acids is 2. The molecule has 190 valence electrons. The average molecular weight is 480 g/mol. The number of aliphatic hydroxyl groups is 1. The summed E-state index contributed by atoms with van der Waals surface area (Å²) >= 11 is 0. The van der Waals surface area contributed by atoms with Gasteiger partial charge in [0.1, 0.15) is 23.9 Å². The van der Waals surface area contributed by atoms with Gasteiger partial charge in [0, 0.05) is 25.8 Å². The lowest BCUT2D eigenvalue weighted by atomic mass is 9.83. The summed E-state index contributed by atoms with van der Waals surface area (Å²) in [4.78, 5) is 22.9. The van der Waals surface area contributed by atoms with Crippen molar-refractivity contribution in [2.24, 2.45) is 0 Å². The second-order valence-corrected chi connectivity index (χ2v) is 9.84. The molecular formula is C25H37NO8. The van der Waals surface area contributed by atoms with Crippen LogP contribution in [-0.2, 0) is 33.3 Å². The predicted octanol–water partition coefficient (Wildman–Crippen LogP) is 1.94. The van der Waals surface area contributed by atoms with Gasteiger partial charge in [0.25, 0.3) is 0 Å². The summed E-state index contributed by atoms with van der Waals surface area (Å²) in [6.07, 6.45) is 7.94. The van der Waals surface area contributed by atoms with Crippen molar-refractivity contribution < 1.29 is 38.4 Å². The van der Waals surface area contributed by atoms with Crippen molar-refractivity contribution in [3.8, 4) is 0 Å². The molecule has 34 heavy (non-hydrogen) atoms. The van der Waals surface area contributed by atoms with Gasteiger partial charge in [-0.25, -0.2) is 0 Å². The second-order valence-electron chi connectivity index (χ2n) is 9.84. The van der Waals surface area contributed by atoms with Crippen molar-refractivity contribution in [2.45, 2.75) is 89.3 Å². The lowest BCUT2D eigenvalue weighted by Gasteiger charge is -2.41. The zero-order valence-electron chi connectivity index (χ0n) is 20.6. The molecule has 4 atom stereocenters. The molecule has 1 spiro atoms. The fourth-order valence-electron chi connectivity index (χ4n) is 4.24. The molecule has 1 amide bonds. The van der Waals surface area contributed by atoms with E-state index in [0.29, 0.717) is 32.7 Å². The first kappa shape index (κ1) is 26.6. The van der Waals surface area contributed by atoms with E-state index in [-0.39, 0.29) is 17.6 Å². The van der Waals surface area contributed by atoms with Crippen LogP contribution in [0.3, 0.4) is 0 Å². The molecule has 3 saturated heterocycles. The summed E-state index contributed by atoms with van der Waals surface area (Å²) in [5.41, 5.74) is 0.175. The fraction of sp³-hybridized carbons (Fsp3) is 0.680. The van der Waals surface area contributed by atoms with E-state index < -0.39 is 36.2 Å². The number of ether oxygens (including phenoxy) is 5. The van der Waals surface area contributed by atoms with Gasteiger partial charge in [0.15, 0.2) is 6.29 Å². The molecule has 2 N–H and O–H groups in total. The van der Waals surface area contributed by atoms with Crippen molar-refractivity contribution in [3.05, 3.63) is 36.0 Å². The Bertz CT molecular complexity index is 821. The van der Waals surface area contributed by atoms with Crippen LogP contribution < -0.4 is 5.32 Å². The van der Waals surface area contributed by atoms with E-state index in [1.165, 1.54) is 19.1 Å². The van der Waals surface area contributed by atoms with E-state index in [2.05, 4.69) is 5.32 Å². The smallest absolute Gasteiger partial charge is 0.303 e. The molecule has 0 saturated carbocycles. The van der Waals surface area contributed by atoms with Gasteiger partial charge in [-0.1, -0.05) is 23.8 Å². The summed E-state index contributed by atoms with van der Waals surface area (Å²) < 4.78 is 28.0. The van der Waals surface area contributed by atoms with Gasteiger partial charge < -0.3 is 34.1 Å². The van der Waals surface area contributed by atoms with Crippen molar-refractivity contribution in [1.82, 2.24) is 5.32 Å². The van der Waals surface area contributed by atoms with Gasteiger partial charge in [-0.05, 0) is 33.8 Å². The zero-order chi connectivity index (χ0) is 24.9. The summed E-state index contributed by atoms with van der Waals surface area (Å²) in [5, 5.41) is 13.4. The highest BCUT2D eigenvalue weighted by Crippen LogP contribution is 2.46. The second kappa shape index (κ2) is 11.1. The Hall–Kier alpha value is -2.04. The fourth-order valence-corrected chi connectivity index (χ4v) is 4.24. The molecule has 3 fully saturated rings. The van der Waals surface area contributed by atoms with Gasteiger partial charge in [0.05, 0.1) is 31.5 Å². The van der Waals surface area contributed by atoms with Crippen LogP contribution in [0.5, 0.6) is 0 Å². The minimum atomic E-state index is -0.679. The number of carbonyl (C=O) groups is 2. The first-order valence-corrected chi connectivity index (χ1v) is 11.7. The van der Waals surface area contributed by atoms with Crippen molar-refractivity contribution in [3.63, 3.8) is 0 Å². The normalized spacial score (nSPS) is 34.4. The maximum Gasteiger partial charge on any atom is 0.303 e. The largest absolute Gasteiger partial charge is 0.459 e. The van der Waals surface area contributed by atoms with E-state index in [1.807, 2.05) is 39.0 Å². The minimum absolute atomic E-state index is 0.257. The predicted molar refractivity (Wildman–Crippen MR) is 124 cm³/mol. The molecule has 0 aliphatic carbocycles. The lowest BCUT2D eigenvalue weighted by molar-refractivity contribution is -0.187. The van der Waals surface area contributed by atoms with Crippen LogP contribution in [0.4, 0.5) is 0 Å². The molecule has 3 heterocycles. The lowest BCUT2D eigenvalue weighted by Crippen LogP contribution is -2.53. The molecule has 0 aromatic heterocycles. The molecule has 9 heteroatoms. The third kappa shape index (κ3) is 7.74. The molecule has 0 bridgehead atoms. The molecule has 0 aromatic carbocycles. The molecule has 3 aliphatic heterocycles. The Morgan fingerprint density at radius 3 is 2.50 bits per heavy atom. The highest BCUT2D eigenvalue weighted by atomic mass is 16.7. The molecule has 9 nitrogen and oxygen atoms in total. The van der Waals surface area contributed by atoms with Crippen LogP contribution in [0.15, 0.2) is 36.0 Å². The molecule has 3 rings (SSSR count). The number of rotatable bonds is 8. The summed E-state index contributed by atoms with van der Waals surface area (Å²) in [6, 6.07) is -0.257. The van der Waals surface area contributed by atoms with E-state index >= 15 is 0 Å². The Morgan fingerprint density at radius 1 is 1.21 bits per heavy atom. The monoisotopic (exact) mass is 479 g/mol. The topological polar surface area (TPSA) is 116 Å². The summed E-state index contributed by atoms with van der Waals surface area (Å²) in [7, 11) is 0. The quantitative estimate of drug-likeness (QED) is 0.235. The van der Waals surface area contributed by atoms with Gasteiger partial charge >= 0.3 is 5.97 Å². The van der Waals surface area contributed by atoms with Gasteiger partial charge in [-0.2, -0.15) is 0 Å². The van der Waals surface area contributed by atoms with Crippen LogP contribution >= 0.6 is 0 Å². The maximum absolute atomic E-state index is 12.0. The Balaban J connectivity index is 1.39. The van der Waals surface area contributed by atoms with Crippen molar-refractivity contribution in [2.75, 3.05) is 19.8 Å². The minimum Gasteiger partial charge on any atom is -0.459 e. The average Bonchev–Trinajstić information content (AvgIpc) is 3.52. The molecular weight excluding hydrogens is 442 g/mol. The SMILES string of the molecule is CC(=O)O[C@@H](C)/C=C\C(=O)NC1COC(C/C=C(C)/C=C/[C@H]2OC(C)(C)C[C@@]3(CO3)[C@@H]2O)OC1. The first-order valence-electron chi connectivity index (χ1n) is 11.7. The van der Waals surface area contributed by atoms with E-state index in [4.69, 9.17) is 23.7 Å². The standard InChI is InChI=1S/C25H37NO8/c1-16(6-9-20-23(29)25(15-32-25)14-24(4,5)34-20)7-11-22-30-12-19(13-31-22)26-21(28)10-8-17(2)33-18(3)27/h6-10,17,19-20,22-23,29H,11-15H2,1-5H3,(H,26,28)/b9-6+,10-8-,16-7+/t17-,19?,20+,22?,23+,25+/m0/s1. The van der Waals surface area contributed by atoms with Crippen molar-refractivity contribution in [1.29, 1.82) is 0 Å². The number of aliphatic hydroxyl groups excluding tert-OH is 1. The number of hydrogen-bond acceptors (Lipinski definition) is 8. The molecule has 0 unspecified atom stereocenters. The summed E-state index contributed by atoms with van der Waals surface area (Å²) in [5.74, 6) is -0.702. The number of esters is 1. The number of nitrogens with one attached hydrogen (secondary N) is 1. The third-order valence-corrected chi connectivity index (χ3v) is 5.91. The number of epoxide rings is 1. The van der Waals surface area contributed by atoms with Crippen molar-refractivity contribution >= 4 is 11.9 Å². The Morgan fingerprint density at radius 2 is 1.88 bits per heavy atom. The van der Waals surface area contributed by atoms with E-state index in [9.17, 15) is 14.7 Å². The van der Waals surface area contributed by atoms with Crippen LogP contribution in [-0.4, -0.2) is 78.6 Å². The highest BCUT2D eigenvalue weighted by Gasteiger charge is 2.60. The molecule has 0 aromatic rings. The van der Waals surface area contributed by atoms with Crippen LogP contribution in [0.25, 0.3) is 0 Å². The first-order chi connectivity index (χ1) is 16.0. The van der Waals surface area contributed by atoms with Gasteiger partial charge in [0.2, 0.25) is 5.91 Å². The van der Waals surface area contributed by atoms with E-state index in [0.717, 1.165) is 5.57 Å².